The molecule has 10 heteroatoms. The third kappa shape index (κ3) is 4.30. The van der Waals surface area contributed by atoms with E-state index in [4.69, 9.17) is 21.1 Å². The number of nitrogens with zero attached hydrogens (tertiary/aromatic N) is 3. The average molecular weight is 469 g/mol. The van der Waals surface area contributed by atoms with Gasteiger partial charge in [0.25, 0.3) is 0 Å². The van der Waals surface area contributed by atoms with Crippen LogP contribution in [0.1, 0.15) is 22.9 Å². The summed E-state index contributed by atoms with van der Waals surface area (Å²) < 4.78 is 10.6. The number of anilines is 2. The topological polar surface area (TPSA) is 93.6 Å². The molecular formula is C22H17ClN4O4S. The first kappa shape index (κ1) is 20.5. The van der Waals surface area contributed by atoms with Crippen LogP contribution in [0.25, 0.3) is 6.08 Å². The SMILES string of the molecule is O=C(/C=C/c1ccc2c(c1)OCO2)Nc1nnc(C2CC(=O)N(c3ccc(Cl)cc3)C2)s1. The molecule has 0 saturated carbocycles. The Hall–Kier alpha value is -3.43. The molecule has 1 aromatic heterocycles. The highest BCUT2D eigenvalue weighted by Gasteiger charge is 2.34. The van der Waals surface area contributed by atoms with E-state index in [2.05, 4.69) is 15.5 Å². The summed E-state index contributed by atoms with van der Waals surface area (Å²) in [5, 5.41) is 12.7. The second-order valence-corrected chi connectivity index (χ2v) is 8.71. The highest BCUT2D eigenvalue weighted by Crippen LogP contribution is 2.35. The minimum absolute atomic E-state index is 0.0183. The van der Waals surface area contributed by atoms with Gasteiger partial charge in [-0.1, -0.05) is 29.0 Å². The predicted octanol–water partition coefficient (Wildman–Crippen LogP) is 4.09. The van der Waals surface area contributed by atoms with E-state index in [0.29, 0.717) is 39.6 Å². The van der Waals surface area contributed by atoms with Crippen LogP contribution in [0.5, 0.6) is 11.5 Å². The van der Waals surface area contributed by atoms with Gasteiger partial charge in [0.05, 0.1) is 0 Å². The highest BCUT2D eigenvalue weighted by molar-refractivity contribution is 7.15. The van der Waals surface area contributed by atoms with Gasteiger partial charge in [0.15, 0.2) is 11.5 Å². The molecule has 3 heterocycles. The molecule has 8 nitrogen and oxygen atoms in total. The molecule has 0 spiro atoms. The number of fused-ring (bicyclic) bond motifs is 1. The van der Waals surface area contributed by atoms with Crippen LogP contribution in [0.3, 0.4) is 0 Å². The molecule has 2 aliphatic heterocycles. The lowest BCUT2D eigenvalue weighted by Crippen LogP contribution is -2.24. The molecule has 2 aromatic carbocycles. The molecule has 0 aliphatic carbocycles. The number of amides is 2. The third-order valence-corrected chi connectivity index (χ3v) is 6.36. The summed E-state index contributed by atoms with van der Waals surface area (Å²) in [5.74, 6) is 0.957. The highest BCUT2D eigenvalue weighted by atomic mass is 35.5. The minimum atomic E-state index is -0.323. The molecule has 0 radical (unpaired) electrons. The van der Waals surface area contributed by atoms with Crippen molar-refractivity contribution in [3.63, 3.8) is 0 Å². The maximum absolute atomic E-state index is 12.5. The number of carbonyl (C=O) groups is 2. The summed E-state index contributed by atoms with van der Waals surface area (Å²) in [7, 11) is 0. The number of hydrogen-bond donors (Lipinski definition) is 1. The Morgan fingerprint density at radius 2 is 1.97 bits per heavy atom. The number of nitrogens with one attached hydrogen (secondary N) is 1. The fourth-order valence-electron chi connectivity index (χ4n) is 3.53. The smallest absolute Gasteiger partial charge is 0.250 e. The summed E-state index contributed by atoms with van der Waals surface area (Å²) in [4.78, 5) is 26.5. The second kappa shape index (κ2) is 8.60. The lowest BCUT2D eigenvalue weighted by molar-refractivity contribution is -0.117. The van der Waals surface area contributed by atoms with Crippen LogP contribution in [0.15, 0.2) is 48.5 Å². The van der Waals surface area contributed by atoms with Crippen molar-refractivity contribution in [3.05, 3.63) is 64.1 Å². The number of benzene rings is 2. The van der Waals surface area contributed by atoms with E-state index in [1.165, 1.54) is 17.4 Å². The van der Waals surface area contributed by atoms with Gasteiger partial charge in [-0.3, -0.25) is 14.9 Å². The monoisotopic (exact) mass is 468 g/mol. The number of hydrogen-bond acceptors (Lipinski definition) is 7. The molecular weight excluding hydrogens is 452 g/mol. The standard InChI is InChI=1S/C22H17ClN4O4S/c23-15-3-5-16(6-4-15)27-11-14(10-20(27)29)21-25-26-22(32-21)24-19(28)8-2-13-1-7-17-18(9-13)31-12-30-17/h1-9,14H,10-12H2,(H,24,26,28)/b8-2+. The molecule has 0 bridgehead atoms. The van der Waals surface area contributed by atoms with Crippen molar-refractivity contribution < 1.29 is 19.1 Å². The van der Waals surface area contributed by atoms with Gasteiger partial charge in [0.1, 0.15) is 5.01 Å². The number of aromatic nitrogens is 2. The fraction of sp³-hybridized carbons (Fsp3) is 0.182. The van der Waals surface area contributed by atoms with E-state index in [0.717, 1.165) is 11.3 Å². The zero-order valence-corrected chi connectivity index (χ0v) is 18.2. The molecule has 1 saturated heterocycles. The molecule has 2 aliphatic rings. The Labute approximate surface area is 192 Å². The summed E-state index contributed by atoms with van der Waals surface area (Å²) >= 11 is 7.21. The second-order valence-electron chi connectivity index (χ2n) is 7.26. The zero-order chi connectivity index (χ0) is 22.1. The molecule has 1 unspecified atom stereocenters. The summed E-state index contributed by atoms with van der Waals surface area (Å²) in [6, 6.07) is 12.6. The van der Waals surface area contributed by atoms with Crippen molar-refractivity contribution in [1.29, 1.82) is 0 Å². The van der Waals surface area contributed by atoms with E-state index in [1.54, 1.807) is 35.2 Å². The molecule has 3 aromatic rings. The predicted molar refractivity (Wildman–Crippen MR) is 121 cm³/mol. The number of ether oxygens (including phenoxy) is 2. The van der Waals surface area contributed by atoms with Gasteiger partial charge in [0.2, 0.25) is 23.7 Å². The van der Waals surface area contributed by atoms with Gasteiger partial charge in [-0.2, -0.15) is 0 Å². The van der Waals surface area contributed by atoms with Crippen molar-refractivity contribution in [3.8, 4) is 11.5 Å². The number of halogens is 1. The Bertz CT molecular complexity index is 1210. The average Bonchev–Trinajstić information content (AvgIpc) is 3.52. The molecule has 32 heavy (non-hydrogen) atoms. The number of carbonyl (C=O) groups excluding carboxylic acids is 2. The third-order valence-electron chi connectivity index (χ3n) is 5.11. The Morgan fingerprint density at radius 1 is 1.16 bits per heavy atom. The van der Waals surface area contributed by atoms with Crippen LogP contribution >= 0.6 is 22.9 Å². The lowest BCUT2D eigenvalue weighted by Gasteiger charge is -2.16. The van der Waals surface area contributed by atoms with E-state index in [-0.39, 0.29) is 24.5 Å². The molecule has 1 N–H and O–H groups in total. The van der Waals surface area contributed by atoms with Crippen molar-refractivity contribution in [2.45, 2.75) is 12.3 Å². The fourth-order valence-corrected chi connectivity index (χ4v) is 4.49. The Morgan fingerprint density at radius 3 is 2.81 bits per heavy atom. The molecule has 1 atom stereocenters. The first-order valence-corrected chi connectivity index (χ1v) is 11.0. The first-order valence-electron chi connectivity index (χ1n) is 9.83. The van der Waals surface area contributed by atoms with E-state index < -0.39 is 0 Å². The summed E-state index contributed by atoms with van der Waals surface area (Å²) in [6.45, 7) is 0.708. The summed E-state index contributed by atoms with van der Waals surface area (Å²) in [5.41, 5.74) is 1.61. The maximum atomic E-state index is 12.5. The van der Waals surface area contributed by atoms with E-state index >= 15 is 0 Å². The lowest BCUT2D eigenvalue weighted by atomic mass is 10.1. The van der Waals surface area contributed by atoms with Crippen LogP contribution in [0.2, 0.25) is 5.02 Å². The summed E-state index contributed by atoms with van der Waals surface area (Å²) in [6.07, 6.45) is 3.44. The van der Waals surface area contributed by atoms with Gasteiger partial charge in [-0.25, -0.2) is 0 Å². The van der Waals surface area contributed by atoms with Gasteiger partial charge < -0.3 is 14.4 Å². The zero-order valence-electron chi connectivity index (χ0n) is 16.7. The Balaban J connectivity index is 1.21. The largest absolute Gasteiger partial charge is 0.454 e. The molecule has 2 amide bonds. The van der Waals surface area contributed by atoms with Gasteiger partial charge in [0, 0.05) is 35.7 Å². The van der Waals surface area contributed by atoms with Gasteiger partial charge in [-0.15, -0.1) is 10.2 Å². The Kier molecular flexibility index (Phi) is 5.50. The van der Waals surface area contributed by atoms with E-state index in [1.807, 2.05) is 18.2 Å². The maximum Gasteiger partial charge on any atom is 0.250 e. The van der Waals surface area contributed by atoms with Crippen molar-refractivity contribution in [2.24, 2.45) is 0 Å². The normalized spacial score (nSPS) is 17.3. The minimum Gasteiger partial charge on any atom is -0.454 e. The molecule has 1 fully saturated rings. The van der Waals surface area contributed by atoms with Crippen molar-refractivity contribution in [1.82, 2.24) is 10.2 Å². The molecule has 5 rings (SSSR count). The van der Waals surface area contributed by atoms with Crippen molar-refractivity contribution in [2.75, 3.05) is 23.6 Å². The number of rotatable bonds is 5. The van der Waals surface area contributed by atoms with Crippen LogP contribution in [-0.2, 0) is 9.59 Å². The van der Waals surface area contributed by atoms with Gasteiger partial charge in [-0.05, 0) is 48.0 Å². The molecule has 162 valence electrons. The first-order chi connectivity index (χ1) is 15.5. The van der Waals surface area contributed by atoms with Crippen LogP contribution in [-0.4, -0.2) is 35.3 Å². The van der Waals surface area contributed by atoms with Crippen LogP contribution < -0.4 is 19.7 Å². The van der Waals surface area contributed by atoms with Crippen LogP contribution in [0, 0.1) is 0 Å². The quantitative estimate of drug-likeness (QED) is 0.567. The van der Waals surface area contributed by atoms with Gasteiger partial charge >= 0.3 is 0 Å². The van der Waals surface area contributed by atoms with Crippen LogP contribution in [0.4, 0.5) is 10.8 Å². The van der Waals surface area contributed by atoms with E-state index in [9.17, 15) is 9.59 Å². The van der Waals surface area contributed by atoms with Crippen molar-refractivity contribution >= 4 is 51.6 Å².